The fourth-order valence-corrected chi connectivity index (χ4v) is 2.34. The van der Waals surface area contributed by atoms with Crippen molar-refractivity contribution in [1.82, 2.24) is 4.98 Å². The lowest BCUT2D eigenvalue weighted by molar-refractivity contribution is -0.114. The summed E-state index contributed by atoms with van der Waals surface area (Å²) in [4.78, 5) is 15.6. The maximum absolute atomic E-state index is 11.4. The minimum absolute atomic E-state index is 0.418. The Morgan fingerprint density at radius 2 is 2.00 bits per heavy atom. The first-order valence-corrected chi connectivity index (χ1v) is 6.04. The quantitative estimate of drug-likeness (QED) is 0.843. The molecule has 0 aliphatic carbocycles. The van der Waals surface area contributed by atoms with Gasteiger partial charge in [-0.1, -0.05) is 30.3 Å². The topological polar surface area (TPSA) is 56.0 Å². The van der Waals surface area contributed by atoms with Crippen LogP contribution in [0.5, 0.6) is 0 Å². The highest BCUT2D eigenvalue weighted by Gasteiger charge is 2.14. The first-order valence-electron chi connectivity index (χ1n) is 5.16. The molecule has 0 saturated carbocycles. The van der Waals surface area contributed by atoms with Crippen LogP contribution in [0.2, 0.25) is 0 Å². The van der Waals surface area contributed by atoms with Crippen LogP contribution in [0.3, 0.4) is 0 Å². The molecule has 1 amide bonds. The molecule has 4 heteroatoms. The Morgan fingerprint density at radius 3 is 2.53 bits per heavy atom. The lowest BCUT2D eigenvalue weighted by Gasteiger charge is -2.07. The second-order valence-corrected chi connectivity index (χ2v) is 4.46. The van der Waals surface area contributed by atoms with E-state index < -0.39 is 5.91 Å². The number of carbonyl (C=O) groups excluding carboxylic acids is 1. The number of thiazole rings is 1. The van der Waals surface area contributed by atoms with Crippen molar-refractivity contribution in [1.29, 1.82) is 0 Å². The molecule has 2 N–H and O–H groups in total. The number of nitrogens with two attached hydrogens (primary N) is 1. The summed E-state index contributed by atoms with van der Waals surface area (Å²) in [5.74, 6) is -0.418. The van der Waals surface area contributed by atoms with Crippen molar-refractivity contribution in [3.8, 4) is 0 Å². The molecule has 0 aliphatic heterocycles. The van der Waals surface area contributed by atoms with Crippen molar-refractivity contribution >= 4 is 22.8 Å². The first-order chi connectivity index (χ1) is 8.20. The Bertz CT molecular complexity index is 544. The van der Waals surface area contributed by atoms with E-state index in [1.807, 2.05) is 35.7 Å². The zero-order valence-electron chi connectivity index (χ0n) is 9.38. The SMILES string of the molecule is CC(C(N)=O)=C(c1ccccc1)c1nccs1. The lowest BCUT2D eigenvalue weighted by atomic mass is 10.0. The van der Waals surface area contributed by atoms with E-state index in [2.05, 4.69) is 4.98 Å². The highest BCUT2D eigenvalue weighted by molar-refractivity contribution is 7.10. The molecule has 1 aromatic carbocycles. The number of benzene rings is 1. The third-order valence-electron chi connectivity index (χ3n) is 2.45. The molecule has 17 heavy (non-hydrogen) atoms. The molecule has 2 aromatic rings. The fourth-order valence-electron chi connectivity index (χ4n) is 1.58. The van der Waals surface area contributed by atoms with E-state index in [0.29, 0.717) is 5.57 Å². The molecule has 0 bridgehead atoms. The van der Waals surface area contributed by atoms with E-state index in [1.165, 1.54) is 11.3 Å². The van der Waals surface area contributed by atoms with Gasteiger partial charge in [-0.15, -0.1) is 11.3 Å². The summed E-state index contributed by atoms with van der Waals surface area (Å²) in [7, 11) is 0. The summed E-state index contributed by atoms with van der Waals surface area (Å²) in [5, 5.41) is 2.69. The summed E-state index contributed by atoms with van der Waals surface area (Å²) < 4.78 is 0. The monoisotopic (exact) mass is 244 g/mol. The second-order valence-electron chi connectivity index (χ2n) is 3.57. The Morgan fingerprint density at radius 1 is 1.29 bits per heavy atom. The molecule has 86 valence electrons. The van der Waals surface area contributed by atoms with Crippen LogP contribution in [0.25, 0.3) is 5.57 Å². The van der Waals surface area contributed by atoms with Crippen LogP contribution in [0.1, 0.15) is 17.5 Å². The molecule has 3 nitrogen and oxygen atoms in total. The van der Waals surface area contributed by atoms with Gasteiger partial charge < -0.3 is 5.73 Å². The normalized spacial score (nSPS) is 12.1. The Hall–Kier alpha value is -1.94. The van der Waals surface area contributed by atoms with Gasteiger partial charge in [0.15, 0.2) is 0 Å². The van der Waals surface area contributed by atoms with Gasteiger partial charge in [0.2, 0.25) is 5.91 Å². The molecular weight excluding hydrogens is 232 g/mol. The van der Waals surface area contributed by atoms with Crippen LogP contribution in [-0.4, -0.2) is 10.9 Å². The summed E-state index contributed by atoms with van der Waals surface area (Å²) >= 11 is 1.49. The highest BCUT2D eigenvalue weighted by atomic mass is 32.1. The van der Waals surface area contributed by atoms with Crippen molar-refractivity contribution in [2.24, 2.45) is 5.73 Å². The molecule has 1 heterocycles. The third kappa shape index (κ3) is 2.42. The summed E-state index contributed by atoms with van der Waals surface area (Å²) in [6.45, 7) is 1.73. The minimum atomic E-state index is -0.418. The number of amides is 1. The van der Waals surface area contributed by atoms with E-state index in [1.54, 1.807) is 13.1 Å². The molecule has 0 aliphatic rings. The molecule has 0 saturated heterocycles. The van der Waals surface area contributed by atoms with Gasteiger partial charge in [0, 0.05) is 22.7 Å². The number of carbonyl (C=O) groups is 1. The molecule has 0 spiro atoms. The maximum Gasteiger partial charge on any atom is 0.245 e. The average molecular weight is 244 g/mol. The molecule has 0 radical (unpaired) electrons. The van der Waals surface area contributed by atoms with Gasteiger partial charge in [-0.25, -0.2) is 4.98 Å². The first kappa shape index (κ1) is 11.5. The standard InChI is InChI=1S/C13H12N2OS/c1-9(12(14)16)11(13-15-7-8-17-13)10-5-3-2-4-6-10/h2-8H,1H3,(H2,14,16). The Labute approximate surface area is 104 Å². The lowest BCUT2D eigenvalue weighted by Crippen LogP contribution is -2.13. The smallest absolute Gasteiger partial charge is 0.245 e. The van der Waals surface area contributed by atoms with Crippen molar-refractivity contribution < 1.29 is 4.79 Å². The van der Waals surface area contributed by atoms with Crippen LogP contribution in [0.4, 0.5) is 0 Å². The summed E-state index contributed by atoms with van der Waals surface area (Å²) in [5.41, 5.74) is 7.66. The second kappa shape index (κ2) is 4.93. The molecule has 0 atom stereocenters. The van der Waals surface area contributed by atoms with Gasteiger partial charge in [0.1, 0.15) is 5.01 Å². The largest absolute Gasteiger partial charge is 0.366 e. The van der Waals surface area contributed by atoms with Gasteiger partial charge >= 0.3 is 0 Å². The highest BCUT2D eigenvalue weighted by Crippen LogP contribution is 2.28. The molecular formula is C13H12N2OS. The van der Waals surface area contributed by atoms with Gasteiger partial charge in [-0.05, 0) is 12.5 Å². The van der Waals surface area contributed by atoms with Gasteiger partial charge in [-0.3, -0.25) is 4.79 Å². The number of hydrogen-bond donors (Lipinski definition) is 1. The van der Waals surface area contributed by atoms with Crippen LogP contribution in [0.15, 0.2) is 47.5 Å². The van der Waals surface area contributed by atoms with Gasteiger partial charge in [-0.2, -0.15) is 0 Å². The number of hydrogen-bond acceptors (Lipinski definition) is 3. The maximum atomic E-state index is 11.4. The number of primary amides is 1. The fraction of sp³-hybridized carbons (Fsp3) is 0.0769. The average Bonchev–Trinajstić information content (AvgIpc) is 2.84. The Kier molecular flexibility index (Phi) is 3.35. The predicted octanol–water partition coefficient (Wildman–Crippen LogP) is 2.45. The zero-order valence-corrected chi connectivity index (χ0v) is 10.2. The number of nitrogens with zero attached hydrogens (tertiary/aromatic N) is 1. The summed E-state index contributed by atoms with van der Waals surface area (Å²) in [6.07, 6.45) is 1.72. The summed E-state index contributed by atoms with van der Waals surface area (Å²) in [6, 6.07) is 9.68. The van der Waals surface area contributed by atoms with Crippen LogP contribution in [0, 0.1) is 0 Å². The van der Waals surface area contributed by atoms with Crippen molar-refractivity contribution in [2.75, 3.05) is 0 Å². The Balaban J connectivity index is 2.62. The predicted molar refractivity (Wildman–Crippen MR) is 69.4 cm³/mol. The minimum Gasteiger partial charge on any atom is -0.366 e. The molecule has 1 aromatic heterocycles. The molecule has 2 rings (SSSR count). The van der Waals surface area contributed by atoms with E-state index in [-0.39, 0.29) is 0 Å². The van der Waals surface area contributed by atoms with Crippen molar-refractivity contribution in [2.45, 2.75) is 6.92 Å². The van der Waals surface area contributed by atoms with Gasteiger partial charge in [0.25, 0.3) is 0 Å². The number of rotatable bonds is 3. The molecule has 0 unspecified atom stereocenters. The van der Waals surface area contributed by atoms with E-state index in [9.17, 15) is 4.79 Å². The van der Waals surface area contributed by atoms with Crippen molar-refractivity contribution in [3.63, 3.8) is 0 Å². The van der Waals surface area contributed by atoms with Crippen LogP contribution >= 0.6 is 11.3 Å². The van der Waals surface area contributed by atoms with Crippen LogP contribution in [-0.2, 0) is 4.79 Å². The van der Waals surface area contributed by atoms with Gasteiger partial charge in [0.05, 0.1) is 0 Å². The third-order valence-corrected chi connectivity index (χ3v) is 3.24. The zero-order chi connectivity index (χ0) is 12.3. The number of aromatic nitrogens is 1. The molecule has 0 fully saturated rings. The van der Waals surface area contributed by atoms with E-state index >= 15 is 0 Å². The van der Waals surface area contributed by atoms with Crippen LogP contribution < -0.4 is 5.73 Å². The van der Waals surface area contributed by atoms with Crippen molar-refractivity contribution in [3.05, 3.63) is 58.1 Å². The van der Waals surface area contributed by atoms with E-state index in [4.69, 9.17) is 5.73 Å². The van der Waals surface area contributed by atoms with E-state index in [0.717, 1.165) is 16.1 Å².